The fraction of sp³-hybridized carbons (Fsp3) is 0.174. The molecular weight excluding hydrogens is 399 g/mol. The van der Waals surface area contributed by atoms with Gasteiger partial charge in [0.2, 0.25) is 5.43 Å². The lowest BCUT2D eigenvalue weighted by Crippen LogP contribution is -2.29. The van der Waals surface area contributed by atoms with Gasteiger partial charge < -0.3 is 14.6 Å². The zero-order chi connectivity index (χ0) is 22.1. The van der Waals surface area contributed by atoms with E-state index in [1.54, 1.807) is 54.6 Å². The van der Waals surface area contributed by atoms with Crippen LogP contribution >= 0.6 is 0 Å². The molecule has 31 heavy (non-hydrogen) atoms. The van der Waals surface area contributed by atoms with E-state index in [9.17, 15) is 14.0 Å². The van der Waals surface area contributed by atoms with Crippen molar-refractivity contribution < 1.29 is 13.9 Å². The Labute approximate surface area is 177 Å². The van der Waals surface area contributed by atoms with Gasteiger partial charge in [-0.3, -0.25) is 9.59 Å². The van der Waals surface area contributed by atoms with Gasteiger partial charge >= 0.3 is 0 Å². The number of rotatable bonds is 5. The van der Waals surface area contributed by atoms with Gasteiger partial charge in [0.15, 0.2) is 0 Å². The second kappa shape index (κ2) is 8.06. The quantitative estimate of drug-likeness (QED) is 0.538. The molecule has 0 aliphatic heterocycles. The van der Waals surface area contributed by atoms with Gasteiger partial charge in [-0.25, -0.2) is 9.07 Å². The molecule has 4 rings (SSSR count). The summed E-state index contributed by atoms with van der Waals surface area (Å²) in [6.45, 7) is 1.99. The highest BCUT2D eigenvalue weighted by Crippen LogP contribution is 2.20. The fourth-order valence-corrected chi connectivity index (χ4v) is 3.50. The van der Waals surface area contributed by atoms with E-state index in [0.29, 0.717) is 22.4 Å². The van der Waals surface area contributed by atoms with Gasteiger partial charge in [-0.05, 0) is 48.9 Å². The summed E-state index contributed by atoms with van der Waals surface area (Å²) in [5.41, 5.74) is 2.15. The van der Waals surface area contributed by atoms with E-state index >= 15 is 0 Å². The number of ether oxygens (including phenoxy) is 1. The second-order valence-electron chi connectivity index (χ2n) is 7.19. The summed E-state index contributed by atoms with van der Waals surface area (Å²) < 4.78 is 21.7. The van der Waals surface area contributed by atoms with E-state index in [1.807, 2.05) is 12.1 Å². The molecule has 7 nitrogen and oxygen atoms in total. The average molecular weight is 420 g/mol. The van der Waals surface area contributed by atoms with Gasteiger partial charge in [0.25, 0.3) is 5.91 Å². The number of aromatic nitrogens is 3. The molecule has 2 aromatic heterocycles. The molecule has 4 aromatic rings. The number of amides is 1. The smallest absolute Gasteiger partial charge is 0.257 e. The lowest BCUT2D eigenvalue weighted by Gasteiger charge is -2.10. The highest BCUT2D eigenvalue weighted by molar-refractivity contribution is 5.97. The molecule has 0 atom stereocenters. The van der Waals surface area contributed by atoms with E-state index in [-0.39, 0.29) is 17.9 Å². The van der Waals surface area contributed by atoms with Crippen LogP contribution in [-0.4, -0.2) is 27.4 Å². The number of pyridine rings is 1. The molecule has 0 radical (unpaired) electrons. The molecule has 2 heterocycles. The van der Waals surface area contributed by atoms with Crippen LogP contribution in [0.1, 0.15) is 21.6 Å². The van der Waals surface area contributed by atoms with Crippen molar-refractivity contribution in [2.24, 2.45) is 7.05 Å². The zero-order valence-electron chi connectivity index (χ0n) is 17.3. The maximum absolute atomic E-state index is 13.3. The van der Waals surface area contributed by atoms with Crippen LogP contribution in [0.3, 0.4) is 0 Å². The van der Waals surface area contributed by atoms with Crippen LogP contribution in [0.2, 0.25) is 0 Å². The Morgan fingerprint density at radius 2 is 1.81 bits per heavy atom. The van der Waals surface area contributed by atoms with Crippen molar-refractivity contribution in [3.63, 3.8) is 0 Å². The Hall–Kier alpha value is -3.94. The van der Waals surface area contributed by atoms with Gasteiger partial charge in [0, 0.05) is 19.8 Å². The van der Waals surface area contributed by atoms with E-state index in [4.69, 9.17) is 4.74 Å². The van der Waals surface area contributed by atoms with Crippen LogP contribution in [0.5, 0.6) is 5.75 Å². The molecule has 0 saturated carbocycles. The van der Waals surface area contributed by atoms with Crippen molar-refractivity contribution in [3.05, 3.63) is 87.6 Å². The number of benzene rings is 2. The van der Waals surface area contributed by atoms with E-state index in [0.717, 1.165) is 11.3 Å². The minimum atomic E-state index is -0.466. The molecule has 8 heteroatoms. The molecule has 0 spiro atoms. The van der Waals surface area contributed by atoms with Crippen molar-refractivity contribution in [2.45, 2.75) is 13.5 Å². The highest BCUT2D eigenvalue weighted by Gasteiger charge is 2.20. The van der Waals surface area contributed by atoms with E-state index in [2.05, 4.69) is 10.4 Å². The molecule has 0 bridgehead atoms. The first-order valence-electron chi connectivity index (χ1n) is 9.65. The Bertz CT molecular complexity index is 1320. The number of carbonyl (C=O) groups excluding carboxylic acids is 1. The van der Waals surface area contributed by atoms with E-state index in [1.165, 1.54) is 18.3 Å². The standard InChI is InChI=1S/C23H21FN4O3/c1-14-20-21(29)19(22(30)25-12-15-4-10-18(31-3)11-5-15)13-27(2)23(20)28(26-14)17-8-6-16(24)7-9-17/h4-11,13H,12H2,1-3H3,(H,25,30). The Morgan fingerprint density at radius 3 is 2.45 bits per heavy atom. The monoisotopic (exact) mass is 420 g/mol. The van der Waals surface area contributed by atoms with Gasteiger partial charge in [-0.15, -0.1) is 0 Å². The number of halogens is 1. The normalized spacial score (nSPS) is 11.0. The third kappa shape index (κ3) is 3.79. The Kier molecular flexibility index (Phi) is 5.29. The number of carbonyl (C=O) groups is 1. The molecule has 0 aliphatic carbocycles. The largest absolute Gasteiger partial charge is 0.497 e. The maximum Gasteiger partial charge on any atom is 0.257 e. The van der Waals surface area contributed by atoms with Gasteiger partial charge in [-0.2, -0.15) is 5.10 Å². The zero-order valence-corrected chi connectivity index (χ0v) is 17.3. The first-order chi connectivity index (χ1) is 14.9. The number of fused-ring (bicyclic) bond motifs is 1. The Morgan fingerprint density at radius 1 is 1.13 bits per heavy atom. The molecule has 0 unspecified atom stereocenters. The summed E-state index contributed by atoms with van der Waals surface area (Å²) in [6.07, 6.45) is 1.50. The van der Waals surface area contributed by atoms with Gasteiger partial charge in [0.1, 0.15) is 22.8 Å². The molecular formula is C23H21FN4O3. The maximum atomic E-state index is 13.3. The molecule has 0 saturated heterocycles. The van der Waals surface area contributed by atoms with Crippen LogP contribution in [0, 0.1) is 12.7 Å². The number of aryl methyl sites for hydroxylation is 2. The Balaban J connectivity index is 1.68. The third-order valence-corrected chi connectivity index (χ3v) is 5.09. The molecule has 0 aliphatic rings. The summed E-state index contributed by atoms with van der Waals surface area (Å²) in [4.78, 5) is 25.9. The number of hydrogen-bond acceptors (Lipinski definition) is 4. The number of hydrogen-bond donors (Lipinski definition) is 1. The summed E-state index contributed by atoms with van der Waals surface area (Å²) in [6, 6.07) is 13.1. The summed E-state index contributed by atoms with van der Waals surface area (Å²) in [5, 5.41) is 7.59. The minimum absolute atomic E-state index is 0.0327. The highest BCUT2D eigenvalue weighted by atomic mass is 19.1. The third-order valence-electron chi connectivity index (χ3n) is 5.09. The van der Waals surface area contributed by atoms with Crippen molar-refractivity contribution in [1.29, 1.82) is 0 Å². The van der Waals surface area contributed by atoms with Crippen molar-refractivity contribution in [1.82, 2.24) is 19.7 Å². The molecule has 0 fully saturated rings. The second-order valence-corrected chi connectivity index (χ2v) is 7.19. The van der Waals surface area contributed by atoms with Crippen LogP contribution in [0.4, 0.5) is 4.39 Å². The number of nitrogens with one attached hydrogen (secondary N) is 1. The minimum Gasteiger partial charge on any atom is -0.497 e. The predicted octanol–water partition coefficient (Wildman–Crippen LogP) is 3.11. The average Bonchev–Trinajstić information content (AvgIpc) is 3.13. The fourth-order valence-electron chi connectivity index (χ4n) is 3.50. The summed E-state index contributed by atoms with van der Waals surface area (Å²) in [7, 11) is 3.33. The first-order valence-corrected chi connectivity index (χ1v) is 9.65. The molecule has 158 valence electrons. The molecule has 1 amide bonds. The number of nitrogens with zero attached hydrogens (tertiary/aromatic N) is 3. The number of methoxy groups -OCH3 is 1. The molecule has 1 N–H and O–H groups in total. The van der Waals surface area contributed by atoms with Gasteiger partial charge in [0.05, 0.1) is 23.9 Å². The lowest BCUT2D eigenvalue weighted by atomic mass is 10.1. The predicted molar refractivity (Wildman–Crippen MR) is 115 cm³/mol. The topological polar surface area (TPSA) is 78.2 Å². The van der Waals surface area contributed by atoms with Crippen molar-refractivity contribution in [3.8, 4) is 11.4 Å². The summed E-state index contributed by atoms with van der Waals surface area (Å²) in [5.74, 6) is -0.100. The SMILES string of the molecule is COc1ccc(CNC(=O)c2cn(C)c3c(c(C)nn3-c3ccc(F)cc3)c2=O)cc1. The van der Waals surface area contributed by atoms with Crippen molar-refractivity contribution in [2.75, 3.05) is 7.11 Å². The summed E-state index contributed by atoms with van der Waals surface area (Å²) >= 11 is 0. The van der Waals surface area contributed by atoms with Crippen LogP contribution in [0.25, 0.3) is 16.7 Å². The van der Waals surface area contributed by atoms with E-state index < -0.39 is 11.3 Å². The van der Waals surface area contributed by atoms with Gasteiger partial charge in [-0.1, -0.05) is 12.1 Å². The van der Waals surface area contributed by atoms with Crippen LogP contribution in [0.15, 0.2) is 59.5 Å². The van der Waals surface area contributed by atoms with Crippen molar-refractivity contribution >= 4 is 16.9 Å². The van der Waals surface area contributed by atoms with Crippen LogP contribution < -0.4 is 15.5 Å². The van der Waals surface area contributed by atoms with Crippen LogP contribution in [-0.2, 0) is 13.6 Å². The lowest BCUT2D eigenvalue weighted by molar-refractivity contribution is 0.0949. The molecule has 2 aromatic carbocycles. The first kappa shape index (κ1) is 20.3.